The van der Waals surface area contributed by atoms with Crippen LogP contribution in [0.25, 0.3) is 0 Å². The van der Waals surface area contributed by atoms with E-state index in [4.69, 9.17) is 9.47 Å². The molecule has 1 N–H and O–H groups in total. The zero-order chi connectivity index (χ0) is 27.1. The monoisotopic (exact) mass is 514 g/mol. The summed E-state index contributed by atoms with van der Waals surface area (Å²) in [7, 11) is 0. The van der Waals surface area contributed by atoms with E-state index in [0.29, 0.717) is 25.7 Å². The summed E-state index contributed by atoms with van der Waals surface area (Å²) in [5, 5.41) is 11.6. The van der Waals surface area contributed by atoms with Crippen molar-refractivity contribution in [3.63, 3.8) is 0 Å². The summed E-state index contributed by atoms with van der Waals surface area (Å²) in [4.78, 5) is 49.7. The fourth-order valence-corrected chi connectivity index (χ4v) is 8.18. The van der Waals surface area contributed by atoms with Crippen molar-refractivity contribution in [2.75, 3.05) is 13.2 Å². The van der Waals surface area contributed by atoms with Gasteiger partial charge in [-0.25, -0.2) is 0 Å². The molecule has 4 aliphatic rings. The molecular weight excluding hydrogens is 472 g/mol. The first-order valence-electron chi connectivity index (χ1n) is 13.9. The second-order valence-corrected chi connectivity index (χ2v) is 12.5. The summed E-state index contributed by atoms with van der Waals surface area (Å²) in [6.07, 6.45) is 7.90. The third-order valence-electron chi connectivity index (χ3n) is 9.73. The number of carbonyl (C=O) groups excluding carboxylic acids is 4. The molecule has 0 aromatic carbocycles. The van der Waals surface area contributed by atoms with Crippen molar-refractivity contribution < 1.29 is 33.8 Å². The van der Waals surface area contributed by atoms with E-state index in [9.17, 15) is 24.3 Å². The molecule has 3 fully saturated rings. The lowest BCUT2D eigenvalue weighted by Gasteiger charge is -2.60. The third-order valence-corrected chi connectivity index (χ3v) is 9.73. The number of carbonyl (C=O) groups is 4. The van der Waals surface area contributed by atoms with Crippen molar-refractivity contribution in [3.05, 3.63) is 23.8 Å². The van der Waals surface area contributed by atoms with E-state index in [-0.39, 0.29) is 78.6 Å². The van der Waals surface area contributed by atoms with Gasteiger partial charge in [0.2, 0.25) is 0 Å². The Bertz CT molecular complexity index is 1010. The Morgan fingerprint density at radius 3 is 2.54 bits per heavy atom. The highest BCUT2D eigenvalue weighted by atomic mass is 16.5. The molecule has 7 heteroatoms. The van der Waals surface area contributed by atoms with Gasteiger partial charge in [0.15, 0.2) is 11.6 Å². The van der Waals surface area contributed by atoms with Crippen LogP contribution in [0.2, 0.25) is 0 Å². The zero-order valence-electron chi connectivity index (χ0n) is 22.8. The first-order chi connectivity index (χ1) is 17.4. The lowest BCUT2D eigenvalue weighted by molar-refractivity contribution is -0.156. The minimum atomic E-state index is -0.645. The number of aliphatic hydroxyl groups is 1. The van der Waals surface area contributed by atoms with Gasteiger partial charge < -0.3 is 14.6 Å². The molecule has 0 bridgehead atoms. The van der Waals surface area contributed by atoms with Gasteiger partial charge >= 0.3 is 11.9 Å². The normalized spacial score (nSPS) is 38.4. The predicted octanol–water partition coefficient (Wildman–Crippen LogP) is 4.22. The number of ether oxygens (including phenoxy) is 2. The molecule has 8 atom stereocenters. The van der Waals surface area contributed by atoms with Gasteiger partial charge in [-0.2, -0.15) is 0 Å². The van der Waals surface area contributed by atoms with Gasteiger partial charge in [-0.1, -0.05) is 40.7 Å². The highest BCUT2D eigenvalue weighted by Crippen LogP contribution is 2.67. The van der Waals surface area contributed by atoms with Gasteiger partial charge in [0.25, 0.3) is 0 Å². The van der Waals surface area contributed by atoms with E-state index in [1.54, 1.807) is 19.1 Å². The fraction of sp³-hybridized carbons (Fsp3) is 0.733. The second kappa shape index (κ2) is 10.5. The lowest BCUT2D eigenvalue weighted by Crippen LogP contribution is -2.58. The number of hydrogen-bond acceptors (Lipinski definition) is 7. The van der Waals surface area contributed by atoms with Crippen molar-refractivity contribution in [1.82, 2.24) is 0 Å². The van der Waals surface area contributed by atoms with E-state index >= 15 is 0 Å². The van der Waals surface area contributed by atoms with E-state index < -0.39 is 16.9 Å². The highest BCUT2D eigenvalue weighted by Gasteiger charge is 2.63. The maximum atomic E-state index is 13.3. The molecule has 0 aromatic rings. The number of fused-ring (bicyclic) bond motifs is 5. The first kappa shape index (κ1) is 27.7. The summed E-state index contributed by atoms with van der Waals surface area (Å²) in [6, 6.07) is 0. The van der Waals surface area contributed by atoms with Crippen molar-refractivity contribution in [2.24, 2.45) is 46.3 Å². The lowest BCUT2D eigenvalue weighted by atomic mass is 9.45. The van der Waals surface area contributed by atoms with Gasteiger partial charge in [-0.15, -0.1) is 0 Å². The SMILES string of the molecule is CCC(=O)OC[C@H]1C[C@@H]2[C@H]([C@@H](O)C[C@]3(C)[C@@H](C(=O)COC(=O)CC(C)C)CC[C@@H]23)[C@@]2(C)C=CC(=O)C=C12. The molecule has 3 saturated carbocycles. The van der Waals surface area contributed by atoms with Crippen molar-refractivity contribution in [2.45, 2.75) is 79.2 Å². The molecule has 0 aliphatic heterocycles. The first-order valence-corrected chi connectivity index (χ1v) is 13.9. The average molecular weight is 515 g/mol. The van der Waals surface area contributed by atoms with Crippen LogP contribution >= 0.6 is 0 Å². The minimum Gasteiger partial charge on any atom is -0.465 e. The zero-order valence-corrected chi connectivity index (χ0v) is 22.8. The maximum Gasteiger partial charge on any atom is 0.306 e. The number of aliphatic hydroxyl groups excluding tert-OH is 1. The fourth-order valence-electron chi connectivity index (χ4n) is 8.18. The van der Waals surface area contributed by atoms with E-state index in [2.05, 4.69) is 13.8 Å². The molecule has 7 nitrogen and oxygen atoms in total. The van der Waals surface area contributed by atoms with E-state index in [1.165, 1.54) is 0 Å². The minimum absolute atomic E-state index is 0.0630. The molecule has 4 aliphatic carbocycles. The number of allylic oxidation sites excluding steroid dienone is 3. The Balaban J connectivity index is 1.59. The Labute approximate surface area is 220 Å². The molecule has 4 rings (SSSR count). The summed E-state index contributed by atoms with van der Waals surface area (Å²) in [6.45, 7) is 9.83. The Kier molecular flexibility index (Phi) is 7.85. The van der Waals surface area contributed by atoms with Gasteiger partial charge in [0.05, 0.1) is 12.7 Å². The Morgan fingerprint density at radius 2 is 1.86 bits per heavy atom. The largest absolute Gasteiger partial charge is 0.465 e. The van der Waals surface area contributed by atoms with Crippen LogP contribution in [0.15, 0.2) is 23.8 Å². The van der Waals surface area contributed by atoms with Crippen LogP contribution in [0.1, 0.15) is 73.1 Å². The molecule has 0 spiro atoms. The van der Waals surface area contributed by atoms with Gasteiger partial charge in [0, 0.05) is 36.0 Å². The number of Topliss-reactive ketones (excluding diaryl/α,β-unsaturated/α-hetero) is 1. The smallest absolute Gasteiger partial charge is 0.306 e. The van der Waals surface area contributed by atoms with Crippen LogP contribution < -0.4 is 0 Å². The molecular formula is C30H42O7. The van der Waals surface area contributed by atoms with Crippen LogP contribution in [0.5, 0.6) is 0 Å². The van der Waals surface area contributed by atoms with Crippen LogP contribution in [0.3, 0.4) is 0 Å². The molecule has 0 radical (unpaired) electrons. The summed E-state index contributed by atoms with van der Waals surface area (Å²) in [5.74, 6) is -0.752. The number of rotatable bonds is 8. The topological polar surface area (TPSA) is 107 Å². The molecule has 37 heavy (non-hydrogen) atoms. The number of hydrogen-bond donors (Lipinski definition) is 1. The molecule has 0 aromatic heterocycles. The Morgan fingerprint density at radius 1 is 1.14 bits per heavy atom. The van der Waals surface area contributed by atoms with Crippen molar-refractivity contribution >= 4 is 23.5 Å². The van der Waals surface area contributed by atoms with Gasteiger partial charge in [0.1, 0.15) is 6.61 Å². The number of esters is 2. The molecule has 0 heterocycles. The van der Waals surface area contributed by atoms with Crippen LogP contribution in [-0.4, -0.2) is 47.9 Å². The average Bonchev–Trinajstić information content (AvgIpc) is 3.17. The van der Waals surface area contributed by atoms with E-state index in [1.807, 2.05) is 19.9 Å². The Hall–Kier alpha value is -2.28. The maximum absolute atomic E-state index is 13.3. The third kappa shape index (κ3) is 5.08. The molecule has 0 saturated heterocycles. The summed E-state index contributed by atoms with van der Waals surface area (Å²) in [5.41, 5.74) is 0.0175. The summed E-state index contributed by atoms with van der Waals surface area (Å²) >= 11 is 0. The van der Waals surface area contributed by atoms with Crippen LogP contribution in [0, 0.1) is 46.3 Å². The second-order valence-electron chi connectivity index (χ2n) is 12.5. The quantitative estimate of drug-likeness (QED) is 0.483. The van der Waals surface area contributed by atoms with Crippen molar-refractivity contribution in [3.8, 4) is 0 Å². The predicted molar refractivity (Wildman–Crippen MR) is 137 cm³/mol. The number of ketones is 2. The molecule has 204 valence electrons. The van der Waals surface area contributed by atoms with Gasteiger partial charge in [-0.05, 0) is 66.6 Å². The summed E-state index contributed by atoms with van der Waals surface area (Å²) < 4.78 is 10.9. The molecule has 0 unspecified atom stereocenters. The molecule has 0 amide bonds. The van der Waals surface area contributed by atoms with Crippen LogP contribution in [-0.2, 0) is 28.7 Å². The van der Waals surface area contributed by atoms with Crippen molar-refractivity contribution in [1.29, 1.82) is 0 Å². The highest BCUT2D eigenvalue weighted by molar-refractivity contribution is 6.01. The van der Waals surface area contributed by atoms with E-state index in [0.717, 1.165) is 12.0 Å². The standard InChI is InChI=1S/C30H42O7/c1-6-26(34)36-15-18-12-20-21-7-8-22(25(33)16-37-27(35)11-17(2)3)30(21,5)14-24(32)28(20)29(4)10-9-19(31)13-23(18)29/h9-10,13,17-18,20-22,24,28,32H,6-8,11-12,14-16H2,1-5H3/t18-,20+,21+,22-,24+,28-,29+,30+/m1/s1. The van der Waals surface area contributed by atoms with Crippen LogP contribution in [0.4, 0.5) is 0 Å². The van der Waals surface area contributed by atoms with Gasteiger partial charge in [-0.3, -0.25) is 19.2 Å².